The van der Waals surface area contributed by atoms with Crippen molar-refractivity contribution in [2.75, 3.05) is 25.0 Å². The highest BCUT2D eigenvalue weighted by atomic mass is 16.5. The molecular formula is C18H31N2O2+. The number of carbonyl (C=O) groups is 1. The van der Waals surface area contributed by atoms with Crippen molar-refractivity contribution in [2.24, 2.45) is 0 Å². The van der Waals surface area contributed by atoms with Crippen LogP contribution in [0.25, 0.3) is 0 Å². The van der Waals surface area contributed by atoms with Crippen molar-refractivity contribution < 1.29 is 14.6 Å². The fraction of sp³-hybridized carbons (Fsp3) is 0.611. The van der Waals surface area contributed by atoms with Gasteiger partial charge in [0.2, 0.25) is 0 Å². The Hall–Kier alpha value is -1.39. The number of nitrogens with zero attached hydrogens (tertiary/aromatic N) is 1. The van der Waals surface area contributed by atoms with E-state index in [-0.39, 0.29) is 17.1 Å². The van der Waals surface area contributed by atoms with Crippen LogP contribution in [0.2, 0.25) is 0 Å². The summed E-state index contributed by atoms with van der Waals surface area (Å²) in [6.45, 7) is 9.55. The number of nitrogens with one attached hydrogen (secondary N) is 1. The number of aryl methyl sites for hydroxylation is 2. The Balaban J connectivity index is 2.74. The van der Waals surface area contributed by atoms with Gasteiger partial charge in [-0.15, -0.1) is 0 Å². The van der Waals surface area contributed by atoms with Crippen LogP contribution in [0, 0.1) is 13.8 Å². The fourth-order valence-corrected chi connectivity index (χ4v) is 2.63. The average Bonchev–Trinajstić information content (AvgIpc) is 2.47. The van der Waals surface area contributed by atoms with Crippen LogP contribution in [0.15, 0.2) is 18.2 Å². The molecule has 1 amide bonds. The highest BCUT2D eigenvalue weighted by Gasteiger charge is 2.28. The van der Waals surface area contributed by atoms with E-state index in [9.17, 15) is 10.0 Å². The molecule has 0 bridgehead atoms. The Labute approximate surface area is 134 Å². The van der Waals surface area contributed by atoms with Crippen LogP contribution < -0.4 is 5.32 Å². The summed E-state index contributed by atoms with van der Waals surface area (Å²) >= 11 is 0. The van der Waals surface area contributed by atoms with Crippen LogP contribution in [0.3, 0.4) is 0 Å². The minimum Gasteiger partial charge on any atom is -0.321 e. The zero-order valence-corrected chi connectivity index (χ0v) is 14.5. The molecule has 0 aliphatic heterocycles. The van der Waals surface area contributed by atoms with Crippen molar-refractivity contribution in [1.29, 1.82) is 0 Å². The summed E-state index contributed by atoms with van der Waals surface area (Å²) in [5.41, 5.74) is 2.96. The van der Waals surface area contributed by atoms with Gasteiger partial charge in [-0.1, -0.05) is 44.9 Å². The largest absolute Gasteiger partial charge is 0.321 e. The minimum absolute atomic E-state index is 0.118. The average molecular weight is 307 g/mol. The fourth-order valence-electron chi connectivity index (χ4n) is 2.63. The maximum atomic E-state index is 12.4. The number of carbonyl (C=O) groups excluding carboxylic acids is 1. The predicted octanol–water partition coefficient (Wildman–Crippen LogP) is 4.05. The van der Waals surface area contributed by atoms with Gasteiger partial charge in [-0.3, -0.25) is 4.79 Å². The van der Waals surface area contributed by atoms with E-state index in [0.29, 0.717) is 13.1 Å². The molecule has 1 rings (SSSR count). The van der Waals surface area contributed by atoms with Gasteiger partial charge in [-0.25, -0.2) is 5.21 Å². The van der Waals surface area contributed by atoms with Crippen LogP contribution in [-0.2, 0) is 4.79 Å². The molecule has 0 radical (unpaired) electrons. The molecule has 4 heteroatoms. The Morgan fingerprint density at radius 3 is 2.05 bits per heavy atom. The monoisotopic (exact) mass is 307 g/mol. The quantitative estimate of drug-likeness (QED) is 0.534. The highest BCUT2D eigenvalue weighted by Crippen LogP contribution is 2.19. The molecule has 0 heterocycles. The maximum Gasteiger partial charge on any atom is 0.282 e. The van der Waals surface area contributed by atoms with Crippen LogP contribution in [0.5, 0.6) is 0 Å². The lowest BCUT2D eigenvalue weighted by atomic mass is 10.1. The molecule has 4 nitrogen and oxygen atoms in total. The number of unbranched alkanes of at least 4 members (excludes halogenated alkanes) is 2. The first-order chi connectivity index (χ1) is 10.4. The van der Waals surface area contributed by atoms with E-state index in [1.807, 2.05) is 32.0 Å². The van der Waals surface area contributed by atoms with Crippen LogP contribution in [-0.4, -0.2) is 35.4 Å². The highest BCUT2D eigenvalue weighted by molar-refractivity contribution is 5.93. The molecule has 0 saturated carbocycles. The molecule has 22 heavy (non-hydrogen) atoms. The SMILES string of the molecule is CCCC[N+](O)(CCCC)CC(=O)Nc1c(C)cccc1C. The molecule has 0 unspecified atom stereocenters. The summed E-state index contributed by atoms with van der Waals surface area (Å²) < 4.78 is -0.154. The molecule has 2 N–H and O–H groups in total. The molecule has 0 saturated heterocycles. The number of amides is 1. The van der Waals surface area contributed by atoms with Crippen molar-refractivity contribution in [2.45, 2.75) is 53.4 Å². The topological polar surface area (TPSA) is 49.3 Å². The molecule has 0 spiro atoms. The summed E-state index contributed by atoms with van der Waals surface area (Å²) in [5.74, 6) is -0.118. The van der Waals surface area contributed by atoms with Gasteiger partial charge in [0.05, 0.1) is 0 Å². The Morgan fingerprint density at radius 2 is 1.59 bits per heavy atom. The maximum absolute atomic E-state index is 12.4. The lowest BCUT2D eigenvalue weighted by molar-refractivity contribution is -1.10. The zero-order chi connectivity index (χ0) is 16.6. The van der Waals surface area contributed by atoms with Crippen molar-refractivity contribution in [1.82, 2.24) is 0 Å². The number of benzene rings is 1. The third-order valence-electron chi connectivity index (χ3n) is 4.04. The molecule has 1 aromatic rings. The molecular weight excluding hydrogens is 276 g/mol. The summed E-state index contributed by atoms with van der Waals surface area (Å²) in [5, 5.41) is 13.7. The van der Waals surface area contributed by atoms with Gasteiger partial charge in [0.25, 0.3) is 5.91 Å². The van der Waals surface area contributed by atoms with Crippen LogP contribution >= 0.6 is 0 Å². The molecule has 0 aliphatic carbocycles. The Kier molecular flexibility index (Phi) is 7.56. The number of anilines is 1. The van der Waals surface area contributed by atoms with Gasteiger partial charge in [0.1, 0.15) is 13.1 Å². The summed E-state index contributed by atoms with van der Waals surface area (Å²) in [7, 11) is 0. The van der Waals surface area contributed by atoms with Crippen molar-refractivity contribution in [3.8, 4) is 0 Å². The lowest BCUT2D eigenvalue weighted by Crippen LogP contribution is -2.51. The second kappa shape index (κ2) is 8.91. The predicted molar refractivity (Wildman–Crippen MR) is 91.0 cm³/mol. The first-order valence-corrected chi connectivity index (χ1v) is 8.36. The standard InChI is InChI=1S/C18H30N2O2/c1-5-7-12-20(22,13-8-6-2)14-17(21)19-18-15(3)10-9-11-16(18)4/h9-11,22H,5-8,12-14H2,1-4H3/p+1. The second-order valence-electron chi connectivity index (χ2n) is 6.22. The van der Waals surface area contributed by atoms with E-state index in [1.165, 1.54) is 0 Å². The van der Waals surface area contributed by atoms with Crippen LogP contribution in [0.4, 0.5) is 5.69 Å². The number of hydroxylamine groups is 3. The smallest absolute Gasteiger partial charge is 0.282 e. The van der Waals surface area contributed by atoms with E-state index in [4.69, 9.17) is 0 Å². The van der Waals surface area contributed by atoms with Crippen molar-refractivity contribution in [3.63, 3.8) is 0 Å². The molecule has 0 aromatic heterocycles. The van der Waals surface area contributed by atoms with E-state index in [0.717, 1.165) is 42.5 Å². The van der Waals surface area contributed by atoms with Gasteiger partial charge in [0, 0.05) is 5.69 Å². The number of hydrogen-bond donors (Lipinski definition) is 2. The van der Waals surface area contributed by atoms with Gasteiger partial charge >= 0.3 is 0 Å². The van der Waals surface area contributed by atoms with E-state index in [1.54, 1.807) is 0 Å². The third-order valence-corrected chi connectivity index (χ3v) is 4.04. The van der Waals surface area contributed by atoms with Gasteiger partial charge in [-0.2, -0.15) is 4.65 Å². The van der Waals surface area contributed by atoms with Crippen molar-refractivity contribution >= 4 is 11.6 Å². The number of rotatable bonds is 9. The van der Waals surface area contributed by atoms with Gasteiger partial charge in [-0.05, 0) is 37.8 Å². The normalized spacial score (nSPS) is 11.5. The summed E-state index contributed by atoms with van der Waals surface area (Å²) in [6, 6.07) is 5.95. The Morgan fingerprint density at radius 1 is 1.09 bits per heavy atom. The minimum atomic E-state index is -0.154. The lowest BCUT2D eigenvalue weighted by Gasteiger charge is -2.29. The number of quaternary nitrogens is 1. The second-order valence-corrected chi connectivity index (χ2v) is 6.22. The van der Waals surface area contributed by atoms with E-state index >= 15 is 0 Å². The Bertz CT molecular complexity index is 458. The molecule has 0 aliphatic rings. The number of para-hydroxylation sites is 1. The van der Waals surface area contributed by atoms with E-state index in [2.05, 4.69) is 19.2 Å². The van der Waals surface area contributed by atoms with Crippen LogP contribution in [0.1, 0.15) is 50.7 Å². The third kappa shape index (κ3) is 5.78. The first-order valence-electron chi connectivity index (χ1n) is 8.36. The van der Waals surface area contributed by atoms with Crippen molar-refractivity contribution in [3.05, 3.63) is 29.3 Å². The zero-order valence-electron chi connectivity index (χ0n) is 14.5. The molecule has 1 aromatic carbocycles. The number of hydrogen-bond acceptors (Lipinski definition) is 2. The first kappa shape index (κ1) is 18.7. The van der Waals surface area contributed by atoms with E-state index < -0.39 is 0 Å². The summed E-state index contributed by atoms with van der Waals surface area (Å²) in [6.07, 6.45) is 3.89. The molecule has 124 valence electrons. The van der Waals surface area contributed by atoms with Gasteiger partial charge < -0.3 is 5.32 Å². The van der Waals surface area contributed by atoms with Gasteiger partial charge in [0.15, 0.2) is 6.54 Å². The molecule has 0 atom stereocenters. The molecule has 0 fully saturated rings. The summed E-state index contributed by atoms with van der Waals surface area (Å²) in [4.78, 5) is 12.4.